The minimum atomic E-state index is 0.143. The van der Waals surface area contributed by atoms with Crippen LogP contribution in [-0.2, 0) is 13.0 Å². The van der Waals surface area contributed by atoms with Gasteiger partial charge >= 0.3 is 0 Å². The number of aryl methyl sites for hydroxylation is 1. The first-order valence-electron chi connectivity index (χ1n) is 7.73. The molecule has 4 rings (SSSR count). The molecule has 0 aliphatic carbocycles. The van der Waals surface area contributed by atoms with E-state index in [1.165, 1.54) is 11.1 Å². The van der Waals surface area contributed by atoms with E-state index in [1.807, 2.05) is 28.2 Å². The van der Waals surface area contributed by atoms with Gasteiger partial charge in [-0.2, -0.15) is 0 Å². The summed E-state index contributed by atoms with van der Waals surface area (Å²) >= 11 is 1.57. The van der Waals surface area contributed by atoms with Crippen LogP contribution < -0.4 is 10.9 Å². The van der Waals surface area contributed by atoms with Crippen LogP contribution in [0.1, 0.15) is 23.6 Å². The molecule has 1 aliphatic heterocycles. The van der Waals surface area contributed by atoms with Gasteiger partial charge in [0.25, 0.3) is 5.56 Å². The maximum absolute atomic E-state index is 12.4. The predicted octanol–water partition coefficient (Wildman–Crippen LogP) is 3.34. The second kappa shape index (κ2) is 5.71. The molecular formula is C18H18N2OS. The van der Waals surface area contributed by atoms with Gasteiger partial charge in [-0.25, -0.2) is 0 Å². The number of nitrogens with zero attached hydrogens (tertiary/aromatic N) is 1. The Balaban J connectivity index is 1.58. The van der Waals surface area contributed by atoms with Gasteiger partial charge in [0, 0.05) is 12.6 Å². The second-order valence-electron chi connectivity index (χ2n) is 5.74. The summed E-state index contributed by atoms with van der Waals surface area (Å²) in [6.07, 6.45) is 2.04. The van der Waals surface area contributed by atoms with Gasteiger partial charge in [-0.05, 0) is 42.6 Å². The summed E-state index contributed by atoms with van der Waals surface area (Å²) in [5.41, 5.74) is 2.97. The molecule has 1 aromatic heterocycles. The molecule has 0 spiro atoms. The highest BCUT2D eigenvalue weighted by Crippen LogP contribution is 2.26. The fourth-order valence-corrected chi connectivity index (χ4v) is 4.27. The van der Waals surface area contributed by atoms with Gasteiger partial charge in [0.05, 0.1) is 10.1 Å². The van der Waals surface area contributed by atoms with Crippen molar-refractivity contribution in [3.63, 3.8) is 0 Å². The fraction of sp³-hybridized carbons (Fsp3) is 0.278. The lowest BCUT2D eigenvalue weighted by Crippen LogP contribution is -2.31. The average molecular weight is 310 g/mol. The molecule has 112 valence electrons. The molecule has 0 saturated carbocycles. The summed E-state index contributed by atoms with van der Waals surface area (Å²) in [6.45, 7) is 1.78. The third-order valence-electron chi connectivity index (χ3n) is 4.39. The third-order valence-corrected chi connectivity index (χ3v) is 5.51. The van der Waals surface area contributed by atoms with Crippen LogP contribution in [0.25, 0.3) is 10.1 Å². The highest BCUT2D eigenvalue weighted by atomic mass is 32.1. The summed E-state index contributed by atoms with van der Waals surface area (Å²) in [5.74, 6) is 0. The van der Waals surface area contributed by atoms with Crippen LogP contribution in [0.15, 0.2) is 53.3 Å². The van der Waals surface area contributed by atoms with Crippen molar-refractivity contribution in [1.82, 2.24) is 9.27 Å². The van der Waals surface area contributed by atoms with Gasteiger partial charge in [0.15, 0.2) is 0 Å². The summed E-state index contributed by atoms with van der Waals surface area (Å²) in [5, 5.41) is 4.43. The minimum Gasteiger partial charge on any atom is -0.310 e. The SMILES string of the molecule is O=c1c2ccccc2sn1CCC1NCCc2ccccc21. The highest BCUT2D eigenvalue weighted by molar-refractivity contribution is 7.13. The summed E-state index contributed by atoms with van der Waals surface area (Å²) < 4.78 is 2.97. The standard InChI is InChI=1S/C18H18N2OS/c21-18-15-7-3-4-8-17(15)22-20(18)12-10-16-14-6-2-1-5-13(14)9-11-19-16/h1-8,16,19H,9-12H2. The molecule has 0 bridgehead atoms. The van der Waals surface area contributed by atoms with Gasteiger partial charge < -0.3 is 5.32 Å². The van der Waals surface area contributed by atoms with Crippen molar-refractivity contribution < 1.29 is 0 Å². The molecule has 0 fully saturated rings. The summed E-state index contributed by atoms with van der Waals surface area (Å²) in [6, 6.07) is 16.8. The molecule has 0 saturated heterocycles. The van der Waals surface area contributed by atoms with E-state index >= 15 is 0 Å². The van der Waals surface area contributed by atoms with E-state index in [1.54, 1.807) is 11.5 Å². The molecule has 0 radical (unpaired) electrons. The largest absolute Gasteiger partial charge is 0.310 e. The number of nitrogens with one attached hydrogen (secondary N) is 1. The normalized spacial score (nSPS) is 17.5. The highest BCUT2D eigenvalue weighted by Gasteiger charge is 2.19. The molecule has 2 heterocycles. The van der Waals surface area contributed by atoms with Crippen molar-refractivity contribution in [3.8, 4) is 0 Å². The van der Waals surface area contributed by atoms with E-state index in [9.17, 15) is 4.79 Å². The van der Waals surface area contributed by atoms with Crippen LogP contribution in [0.5, 0.6) is 0 Å². The molecule has 4 heteroatoms. The van der Waals surface area contributed by atoms with Crippen LogP contribution in [-0.4, -0.2) is 10.5 Å². The van der Waals surface area contributed by atoms with Gasteiger partial charge in [-0.15, -0.1) is 0 Å². The molecular weight excluding hydrogens is 292 g/mol. The Morgan fingerprint density at radius 3 is 2.86 bits per heavy atom. The van der Waals surface area contributed by atoms with E-state index in [0.717, 1.165) is 36.0 Å². The van der Waals surface area contributed by atoms with Gasteiger partial charge in [0.1, 0.15) is 0 Å². The predicted molar refractivity (Wildman–Crippen MR) is 91.6 cm³/mol. The van der Waals surface area contributed by atoms with Crippen LogP contribution in [0.4, 0.5) is 0 Å². The lowest BCUT2D eigenvalue weighted by Gasteiger charge is -2.26. The van der Waals surface area contributed by atoms with Gasteiger partial charge in [-0.1, -0.05) is 47.9 Å². The van der Waals surface area contributed by atoms with Crippen molar-refractivity contribution in [3.05, 3.63) is 70.0 Å². The van der Waals surface area contributed by atoms with Crippen molar-refractivity contribution in [2.75, 3.05) is 6.54 Å². The quantitative estimate of drug-likeness (QED) is 0.805. The lowest BCUT2D eigenvalue weighted by atomic mass is 9.92. The first-order valence-corrected chi connectivity index (χ1v) is 8.50. The van der Waals surface area contributed by atoms with Crippen LogP contribution in [0, 0.1) is 0 Å². The molecule has 1 atom stereocenters. The van der Waals surface area contributed by atoms with Crippen LogP contribution >= 0.6 is 11.5 Å². The van der Waals surface area contributed by atoms with Crippen LogP contribution in [0.2, 0.25) is 0 Å². The topological polar surface area (TPSA) is 34.0 Å². The lowest BCUT2D eigenvalue weighted by molar-refractivity contribution is 0.450. The van der Waals surface area contributed by atoms with E-state index in [4.69, 9.17) is 0 Å². The summed E-state index contributed by atoms with van der Waals surface area (Å²) in [4.78, 5) is 12.4. The number of hydrogen-bond donors (Lipinski definition) is 1. The Bertz CT molecular complexity index is 865. The molecule has 1 unspecified atom stereocenters. The first kappa shape index (κ1) is 13.7. The zero-order valence-electron chi connectivity index (χ0n) is 12.3. The van der Waals surface area contributed by atoms with E-state index < -0.39 is 0 Å². The molecule has 3 aromatic rings. The Kier molecular flexibility index (Phi) is 3.56. The molecule has 3 nitrogen and oxygen atoms in total. The number of aromatic nitrogens is 1. The third kappa shape index (κ3) is 2.38. The maximum atomic E-state index is 12.4. The second-order valence-corrected chi connectivity index (χ2v) is 6.80. The fourth-order valence-electron chi connectivity index (χ4n) is 3.26. The maximum Gasteiger partial charge on any atom is 0.268 e. The van der Waals surface area contributed by atoms with Crippen molar-refractivity contribution in [2.45, 2.75) is 25.4 Å². The first-order chi connectivity index (χ1) is 10.8. The molecule has 2 aromatic carbocycles. The Hall–Kier alpha value is -1.91. The smallest absolute Gasteiger partial charge is 0.268 e. The van der Waals surface area contributed by atoms with Crippen molar-refractivity contribution in [1.29, 1.82) is 0 Å². The Morgan fingerprint density at radius 2 is 1.95 bits per heavy atom. The van der Waals surface area contributed by atoms with Crippen molar-refractivity contribution in [2.24, 2.45) is 0 Å². The number of hydrogen-bond acceptors (Lipinski definition) is 3. The Labute approximate surface area is 133 Å². The van der Waals surface area contributed by atoms with Crippen LogP contribution in [0.3, 0.4) is 0 Å². The van der Waals surface area contributed by atoms with E-state index in [2.05, 4.69) is 29.6 Å². The van der Waals surface area contributed by atoms with E-state index in [-0.39, 0.29) is 5.56 Å². The van der Waals surface area contributed by atoms with Gasteiger partial charge in [-0.3, -0.25) is 8.75 Å². The Morgan fingerprint density at radius 1 is 1.14 bits per heavy atom. The monoisotopic (exact) mass is 310 g/mol. The summed E-state index contributed by atoms with van der Waals surface area (Å²) in [7, 11) is 0. The molecule has 0 amide bonds. The van der Waals surface area contributed by atoms with Crippen molar-refractivity contribution >= 4 is 21.6 Å². The number of rotatable bonds is 3. The zero-order valence-corrected chi connectivity index (χ0v) is 13.1. The van der Waals surface area contributed by atoms with E-state index in [0.29, 0.717) is 6.04 Å². The zero-order chi connectivity index (χ0) is 14.9. The van der Waals surface area contributed by atoms with Gasteiger partial charge in [0.2, 0.25) is 0 Å². The minimum absolute atomic E-state index is 0.143. The molecule has 1 aliphatic rings. The molecule has 22 heavy (non-hydrogen) atoms. The number of fused-ring (bicyclic) bond motifs is 2. The average Bonchev–Trinajstić information content (AvgIpc) is 2.89. The number of benzene rings is 2. The molecule has 1 N–H and O–H groups in total.